The number of amides is 1. The minimum Gasteiger partial charge on any atom is -0.372 e. The molecule has 18 heavy (non-hydrogen) atoms. The quantitative estimate of drug-likeness (QED) is 0.704. The number of hydrogen-bond acceptors (Lipinski definition) is 3. The Hall–Kier alpha value is -0.610. The third kappa shape index (κ3) is 5.83. The van der Waals surface area contributed by atoms with Crippen LogP contribution in [0.15, 0.2) is 0 Å². The van der Waals surface area contributed by atoms with Gasteiger partial charge in [-0.15, -0.1) is 0 Å². The van der Waals surface area contributed by atoms with Crippen LogP contribution in [0, 0.1) is 5.92 Å². The first-order valence-corrected chi connectivity index (χ1v) is 7.22. The smallest absolute Gasteiger partial charge is 0.248 e. The maximum absolute atomic E-state index is 11.9. The zero-order valence-corrected chi connectivity index (χ0v) is 12.1. The van der Waals surface area contributed by atoms with E-state index in [1.165, 1.54) is 6.42 Å². The van der Waals surface area contributed by atoms with Crippen molar-refractivity contribution in [3.8, 4) is 0 Å². The van der Waals surface area contributed by atoms with Crippen LogP contribution in [0.3, 0.4) is 0 Å². The standard InChI is InChI=1S/C14H28N2O2/c1-4-8-18-11-14(17)16-7-5-6-13(10-16)9-15-12(2)3/h12-13,15H,4-11H2,1-3H3. The highest BCUT2D eigenvalue weighted by molar-refractivity contribution is 5.77. The SMILES string of the molecule is CCCOCC(=O)N1CCCC(CNC(C)C)C1. The number of ether oxygens (including phenoxy) is 1. The molecule has 0 aliphatic carbocycles. The van der Waals surface area contributed by atoms with Gasteiger partial charge in [0.25, 0.3) is 0 Å². The highest BCUT2D eigenvalue weighted by Gasteiger charge is 2.23. The van der Waals surface area contributed by atoms with E-state index in [0.717, 1.165) is 32.5 Å². The van der Waals surface area contributed by atoms with Crippen LogP contribution < -0.4 is 5.32 Å². The molecule has 0 bridgehead atoms. The predicted octanol–water partition coefficient (Wildman–Crippen LogP) is 1.65. The number of nitrogens with one attached hydrogen (secondary N) is 1. The molecular formula is C14H28N2O2. The molecule has 1 heterocycles. The van der Waals surface area contributed by atoms with E-state index in [1.54, 1.807) is 0 Å². The first kappa shape index (κ1) is 15.4. The molecule has 4 nitrogen and oxygen atoms in total. The van der Waals surface area contributed by atoms with E-state index >= 15 is 0 Å². The summed E-state index contributed by atoms with van der Waals surface area (Å²) in [7, 11) is 0. The van der Waals surface area contributed by atoms with Gasteiger partial charge in [0.2, 0.25) is 5.91 Å². The molecule has 0 radical (unpaired) electrons. The van der Waals surface area contributed by atoms with E-state index in [2.05, 4.69) is 26.1 Å². The van der Waals surface area contributed by atoms with E-state index < -0.39 is 0 Å². The molecule has 1 aliphatic rings. The van der Waals surface area contributed by atoms with Gasteiger partial charge >= 0.3 is 0 Å². The number of carbonyl (C=O) groups excluding carboxylic acids is 1. The number of carbonyl (C=O) groups is 1. The summed E-state index contributed by atoms with van der Waals surface area (Å²) in [4.78, 5) is 13.9. The van der Waals surface area contributed by atoms with Gasteiger partial charge in [-0.3, -0.25) is 4.79 Å². The molecule has 0 spiro atoms. The second-order valence-corrected chi connectivity index (χ2v) is 5.46. The predicted molar refractivity (Wildman–Crippen MR) is 73.6 cm³/mol. The van der Waals surface area contributed by atoms with Crippen molar-refractivity contribution in [1.29, 1.82) is 0 Å². The molecule has 1 N–H and O–H groups in total. The second-order valence-electron chi connectivity index (χ2n) is 5.46. The van der Waals surface area contributed by atoms with Crippen LogP contribution in [-0.2, 0) is 9.53 Å². The van der Waals surface area contributed by atoms with E-state index in [0.29, 0.717) is 18.6 Å². The Morgan fingerprint density at radius 3 is 2.94 bits per heavy atom. The Morgan fingerprint density at radius 2 is 2.28 bits per heavy atom. The van der Waals surface area contributed by atoms with Crippen LogP contribution in [0.5, 0.6) is 0 Å². The monoisotopic (exact) mass is 256 g/mol. The Bertz CT molecular complexity index is 244. The summed E-state index contributed by atoms with van der Waals surface area (Å²) in [5, 5.41) is 3.46. The lowest BCUT2D eigenvalue weighted by atomic mass is 9.97. The molecule has 1 fully saturated rings. The summed E-state index contributed by atoms with van der Waals surface area (Å²) in [6.45, 7) is 10.1. The summed E-state index contributed by atoms with van der Waals surface area (Å²) < 4.78 is 5.32. The summed E-state index contributed by atoms with van der Waals surface area (Å²) in [5.41, 5.74) is 0. The van der Waals surface area contributed by atoms with E-state index in [9.17, 15) is 4.79 Å². The maximum atomic E-state index is 11.9. The maximum Gasteiger partial charge on any atom is 0.248 e. The molecule has 1 saturated heterocycles. The Balaban J connectivity index is 2.26. The average molecular weight is 256 g/mol. The molecule has 1 amide bonds. The van der Waals surface area contributed by atoms with Gasteiger partial charge in [0, 0.05) is 25.7 Å². The van der Waals surface area contributed by atoms with Crippen LogP contribution >= 0.6 is 0 Å². The van der Waals surface area contributed by atoms with Crippen LogP contribution in [0.1, 0.15) is 40.0 Å². The summed E-state index contributed by atoms with van der Waals surface area (Å²) in [5.74, 6) is 0.744. The summed E-state index contributed by atoms with van der Waals surface area (Å²) >= 11 is 0. The molecule has 1 rings (SSSR count). The van der Waals surface area contributed by atoms with Crippen molar-refractivity contribution in [2.24, 2.45) is 5.92 Å². The lowest BCUT2D eigenvalue weighted by Crippen LogP contribution is -2.45. The van der Waals surface area contributed by atoms with Crippen molar-refractivity contribution in [3.63, 3.8) is 0 Å². The Morgan fingerprint density at radius 1 is 1.50 bits per heavy atom. The highest BCUT2D eigenvalue weighted by Crippen LogP contribution is 2.16. The van der Waals surface area contributed by atoms with Gasteiger partial charge in [0.15, 0.2) is 0 Å². The van der Waals surface area contributed by atoms with Gasteiger partial charge in [0.05, 0.1) is 0 Å². The van der Waals surface area contributed by atoms with Crippen LogP contribution in [0.25, 0.3) is 0 Å². The van der Waals surface area contributed by atoms with E-state index in [4.69, 9.17) is 4.74 Å². The van der Waals surface area contributed by atoms with Gasteiger partial charge in [-0.25, -0.2) is 0 Å². The zero-order valence-electron chi connectivity index (χ0n) is 12.1. The van der Waals surface area contributed by atoms with Crippen molar-refractivity contribution < 1.29 is 9.53 Å². The molecule has 1 unspecified atom stereocenters. The minimum atomic E-state index is 0.151. The third-order valence-electron chi connectivity index (χ3n) is 3.26. The lowest BCUT2D eigenvalue weighted by molar-refractivity contribution is -0.137. The lowest BCUT2D eigenvalue weighted by Gasteiger charge is -2.33. The molecule has 1 aliphatic heterocycles. The number of nitrogens with zero attached hydrogens (tertiary/aromatic N) is 1. The van der Waals surface area contributed by atoms with Crippen LogP contribution in [0.2, 0.25) is 0 Å². The Kier molecular flexibility index (Phi) is 7.28. The topological polar surface area (TPSA) is 41.6 Å². The van der Waals surface area contributed by atoms with Crippen molar-refractivity contribution in [2.45, 2.75) is 46.1 Å². The van der Waals surface area contributed by atoms with Gasteiger partial charge in [-0.05, 0) is 31.7 Å². The fraction of sp³-hybridized carbons (Fsp3) is 0.929. The van der Waals surface area contributed by atoms with Crippen molar-refractivity contribution in [1.82, 2.24) is 10.2 Å². The molecule has 0 aromatic heterocycles. The third-order valence-corrected chi connectivity index (χ3v) is 3.26. The number of hydrogen-bond donors (Lipinski definition) is 1. The van der Waals surface area contributed by atoms with Gasteiger partial charge in [-0.1, -0.05) is 20.8 Å². The van der Waals surface area contributed by atoms with Crippen molar-refractivity contribution in [3.05, 3.63) is 0 Å². The van der Waals surface area contributed by atoms with E-state index in [1.807, 2.05) is 4.90 Å². The van der Waals surface area contributed by atoms with E-state index in [-0.39, 0.29) is 12.5 Å². The number of rotatable bonds is 7. The molecule has 0 aromatic carbocycles. The van der Waals surface area contributed by atoms with Gasteiger partial charge < -0.3 is 15.0 Å². The van der Waals surface area contributed by atoms with Crippen molar-refractivity contribution in [2.75, 3.05) is 32.8 Å². The fourth-order valence-electron chi connectivity index (χ4n) is 2.26. The first-order chi connectivity index (χ1) is 8.63. The van der Waals surface area contributed by atoms with Crippen LogP contribution in [-0.4, -0.2) is 49.7 Å². The summed E-state index contributed by atoms with van der Waals surface area (Å²) in [6, 6.07) is 0.518. The average Bonchev–Trinajstić information content (AvgIpc) is 2.37. The molecule has 0 saturated carbocycles. The van der Waals surface area contributed by atoms with Crippen LogP contribution in [0.4, 0.5) is 0 Å². The minimum absolute atomic E-state index is 0.151. The molecule has 106 valence electrons. The normalized spacial score (nSPS) is 20.4. The fourth-order valence-corrected chi connectivity index (χ4v) is 2.26. The second kappa shape index (κ2) is 8.48. The summed E-state index contributed by atoms with van der Waals surface area (Å²) in [6.07, 6.45) is 3.30. The molecule has 1 atom stereocenters. The Labute approximate surface area is 111 Å². The first-order valence-electron chi connectivity index (χ1n) is 7.22. The number of likely N-dealkylation sites (tertiary alicyclic amines) is 1. The molecule has 4 heteroatoms. The molecule has 0 aromatic rings. The van der Waals surface area contributed by atoms with Crippen molar-refractivity contribution >= 4 is 5.91 Å². The molecular weight excluding hydrogens is 228 g/mol. The van der Waals surface area contributed by atoms with Gasteiger partial charge in [0.1, 0.15) is 6.61 Å². The number of piperidine rings is 1. The highest BCUT2D eigenvalue weighted by atomic mass is 16.5. The van der Waals surface area contributed by atoms with Gasteiger partial charge in [-0.2, -0.15) is 0 Å². The zero-order chi connectivity index (χ0) is 13.4. The largest absolute Gasteiger partial charge is 0.372 e.